The van der Waals surface area contributed by atoms with Crippen LogP contribution in [0.25, 0.3) is 0 Å². The molecule has 1 aliphatic rings. The summed E-state index contributed by atoms with van der Waals surface area (Å²) in [5.41, 5.74) is 6.09. The van der Waals surface area contributed by atoms with E-state index < -0.39 is 18.1 Å². The zero-order valence-electron chi connectivity index (χ0n) is 12.9. The number of hydrogen-bond acceptors (Lipinski definition) is 4. The molecule has 0 radical (unpaired) electrons. The minimum atomic E-state index is -1.09. The number of nitrogens with two attached hydrogens (primary N) is 1. The molecule has 7 heteroatoms. The van der Waals surface area contributed by atoms with Crippen molar-refractivity contribution in [2.75, 3.05) is 6.54 Å². The van der Waals surface area contributed by atoms with E-state index in [4.69, 9.17) is 5.73 Å². The first-order chi connectivity index (χ1) is 10.9. The van der Waals surface area contributed by atoms with E-state index in [9.17, 15) is 19.5 Å². The first-order valence-corrected chi connectivity index (χ1v) is 7.55. The van der Waals surface area contributed by atoms with E-state index >= 15 is 0 Å². The predicted octanol–water partition coefficient (Wildman–Crippen LogP) is 0.208. The van der Waals surface area contributed by atoms with Gasteiger partial charge in [0.2, 0.25) is 5.91 Å². The predicted molar refractivity (Wildman–Crippen MR) is 83.7 cm³/mol. The van der Waals surface area contributed by atoms with Crippen LogP contribution < -0.4 is 11.1 Å². The number of carboxylic acids is 1. The Hall–Kier alpha value is -2.41. The van der Waals surface area contributed by atoms with Crippen molar-refractivity contribution in [3.63, 3.8) is 0 Å². The highest BCUT2D eigenvalue weighted by atomic mass is 16.4. The van der Waals surface area contributed by atoms with Gasteiger partial charge in [-0.05, 0) is 31.9 Å². The molecule has 124 valence electrons. The second-order valence-electron chi connectivity index (χ2n) is 5.74. The summed E-state index contributed by atoms with van der Waals surface area (Å²) < 4.78 is 0. The number of carboxylic acid groups (broad SMARTS) is 1. The molecule has 1 saturated heterocycles. The minimum Gasteiger partial charge on any atom is -0.480 e. The monoisotopic (exact) mass is 319 g/mol. The third-order valence-electron chi connectivity index (χ3n) is 3.93. The number of aliphatic carboxylic acids is 1. The molecule has 7 nitrogen and oxygen atoms in total. The summed E-state index contributed by atoms with van der Waals surface area (Å²) in [5, 5.41) is 12.2. The normalized spacial score (nSPS) is 22.3. The van der Waals surface area contributed by atoms with Crippen molar-refractivity contribution in [1.29, 1.82) is 0 Å². The molecule has 3 atom stereocenters. The average molecular weight is 319 g/mol. The molecule has 1 fully saturated rings. The Morgan fingerprint density at radius 2 is 1.96 bits per heavy atom. The molecule has 1 heterocycles. The molecule has 23 heavy (non-hydrogen) atoms. The fourth-order valence-electron chi connectivity index (χ4n) is 2.71. The number of nitrogens with zero attached hydrogens (tertiary/aromatic N) is 1. The fraction of sp³-hybridized carbons (Fsp3) is 0.438. The Morgan fingerprint density at radius 3 is 2.52 bits per heavy atom. The van der Waals surface area contributed by atoms with Gasteiger partial charge >= 0.3 is 5.97 Å². The highest BCUT2D eigenvalue weighted by Gasteiger charge is 2.37. The maximum absolute atomic E-state index is 12.2. The quantitative estimate of drug-likeness (QED) is 0.734. The van der Waals surface area contributed by atoms with Gasteiger partial charge in [0.15, 0.2) is 0 Å². The highest BCUT2D eigenvalue weighted by molar-refractivity contribution is 5.94. The number of benzene rings is 1. The third kappa shape index (κ3) is 4.07. The van der Waals surface area contributed by atoms with Crippen molar-refractivity contribution in [3.05, 3.63) is 35.9 Å². The average Bonchev–Trinajstić information content (AvgIpc) is 2.54. The van der Waals surface area contributed by atoms with Gasteiger partial charge in [0.1, 0.15) is 6.04 Å². The summed E-state index contributed by atoms with van der Waals surface area (Å²) in [5.74, 6) is -1.71. The van der Waals surface area contributed by atoms with Gasteiger partial charge < -0.3 is 21.1 Å². The second-order valence-corrected chi connectivity index (χ2v) is 5.74. The van der Waals surface area contributed by atoms with Gasteiger partial charge in [-0.1, -0.05) is 18.2 Å². The van der Waals surface area contributed by atoms with Crippen LogP contribution in [0.5, 0.6) is 0 Å². The van der Waals surface area contributed by atoms with Crippen molar-refractivity contribution in [2.24, 2.45) is 5.73 Å². The molecule has 1 aliphatic heterocycles. The van der Waals surface area contributed by atoms with Crippen molar-refractivity contribution in [1.82, 2.24) is 10.2 Å². The molecule has 0 bridgehead atoms. The summed E-state index contributed by atoms with van der Waals surface area (Å²) in [7, 11) is 0. The van der Waals surface area contributed by atoms with Gasteiger partial charge in [-0.3, -0.25) is 9.59 Å². The van der Waals surface area contributed by atoms with Gasteiger partial charge in [-0.15, -0.1) is 0 Å². The largest absolute Gasteiger partial charge is 0.480 e. The van der Waals surface area contributed by atoms with Crippen LogP contribution in [0, 0.1) is 0 Å². The van der Waals surface area contributed by atoms with Gasteiger partial charge in [0, 0.05) is 18.2 Å². The van der Waals surface area contributed by atoms with Gasteiger partial charge in [0.05, 0.1) is 6.04 Å². The third-order valence-corrected chi connectivity index (χ3v) is 3.93. The van der Waals surface area contributed by atoms with Crippen molar-refractivity contribution in [3.8, 4) is 0 Å². The first kappa shape index (κ1) is 17.0. The van der Waals surface area contributed by atoms with Crippen LogP contribution in [0.3, 0.4) is 0 Å². The van der Waals surface area contributed by atoms with Crippen molar-refractivity contribution < 1.29 is 19.5 Å². The molecule has 0 spiro atoms. The molecule has 0 saturated carbocycles. The van der Waals surface area contributed by atoms with Crippen molar-refractivity contribution >= 4 is 17.8 Å². The fourth-order valence-corrected chi connectivity index (χ4v) is 2.71. The van der Waals surface area contributed by atoms with E-state index in [0.29, 0.717) is 12.0 Å². The Labute approximate surface area is 134 Å². The molecule has 0 aromatic heterocycles. The van der Waals surface area contributed by atoms with Gasteiger partial charge in [-0.25, -0.2) is 4.79 Å². The summed E-state index contributed by atoms with van der Waals surface area (Å²) in [6.07, 6.45) is 0.674. The summed E-state index contributed by atoms with van der Waals surface area (Å²) in [4.78, 5) is 36.9. The van der Waals surface area contributed by atoms with Crippen LogP contribution in [0.1, 0.15) is 30.1 Å². The lowest BCUT2D eigenvalue weighted by molar-refractivity contribution is -0.152. The first-order valence-electron chi connectivity index (χ1n) is 7.55. The van der Waals surface area contributed by atoms with Crippen LogP contribution >= 0.6 is 0 Å². The standard InChI is InChI=1S/C16H21N3O4/c1-10(17)15(21)19-8-7-12(9-13(19)16(22)23)18-14(20)11-5-3-2-4-6-11/h2-6,10,12-13H,7-9,17H2,1H3,(H,18,20)(H,22,23). The molecule has 1 aromatic rings. The molecule has 2 rings (SSSR count). The number of carbonyl (C=O) groups excluding carboxylic acids is 2. The maximum Gasteiger partial charge on any atom is 0.326 e. The van der Waals surface area contributed by atoms with Gasteiger partial charge in [0.25, 0.3) is 5.91 Å². The number of likely N-dealkylation sites (tertiary alicyclic amines) is 1. The second kappa shape index (κ2) is 7.23. The Bertz CT molecular complexity index is 588. The summed E-state index contributed by atoms with van der Waals surface area (Å²) in [6, 6.07) is 6.72. The molecule has 2 amide bonds. The number of hydrogen-bond donors (Lipinski definition) is 3. The van der Waals surface area contributed by atoms with E-state index in [-0.39, 0.29) is 30.8 Å². The van der Waals surface area contributed by atoms with Crippen LogP contribution in [-0.2, 0) is 9.59 Å². The van der Waals surface area contributed by atoms with Crippen molar-refractivity contribution in [2.45, 2.75) is 37.9 Å². The molecular weight excluding hydrogens is 298 g/mol. The van der Waals surface area contributed by atoms with E-state index in [1.54, 1.807) is 24.3 Å². The Kier molecular flexibility index (Phi) is 5.33. The lowest BCUT2D eigenvalue weighted by atomic mass is 9.96. The minimum absolute atomic E-state index is 0.173. The van der Waals surface area contributed by atoms with Crippen LogP contribution in [-0.4, -0.2) is 52.5 Å². The lowest BCUT2D eigenvalue weighted by Gasteiger charge is -2.38. The molecular formula is C16H21N3O4. The lowest BCUT2D eigenvalue weighted by Crippen LogP contribution is -2.57. The summed E-state index contributed by atoms with van der Waals surface area (Å²) >= 11 is 0. The maximum atomic E-state index is 12.2. The number of piperidine rings is 1. The van der Waals surface area contributed by atoms with Crippen LogP contribution in [0.2, 0.25) is 0 Å². The molecule has 4 N–H and O–H groups in total. The molecule has 1 aromatic carbocycles. The van der Waals surface area contributed by atoms with E-state index in [1.807, 2.05) is 6.07 Å². The number of rotatable bonds is 4. The number of nitrogens with one attached hydrogen (secondary N) is 1. The smallest absolute Gasteiger partial charge is 0.326 e. The van der Waals surface area contributed by atoms with Crippen LogP contribution in [0.15, 0.2) is 30.3 Å². The number of amides is 2. The van der Waals surface area contributed by atoms with E-state index in [2.05, 4.69) is 5.32 Å². The Morgan fingerprint density at radius 1 is 1.30 bits per heavy atom. The zero-order valence-corrected chi connectivity index (χ0v) is 12.9. The highest BCUT2D eigenvalue weighted by Crippen LogP contribution is 2.19. The van der Waals surface area contributed by atoms with Crippen LogP contribution in [0.4, 0.5) is 0 Å². The van der Waals surface area contributed by atoms with E-state index in [0.717, 1.165) is 0 Å². The molecule has 3 unspecified atom stereocenters. The SMILES string of the molecule is CC(N)C(=O)N1CCC(NC(=O)c2ccccc2)CC1C(=O)O. The van der Waals surface area contributed by atoms with Gasteiger partial charge in [-0.2, -0.15) is 0 Å². The summed E-state index contributed by atoms with van der Waals surface area (Å²) in [6.45, 7) is 1.79. The molecule has 0 aliphatic carbocycles. The topological polar surface area (TPSA) is 113 Å². The number of carbonyl (C=O) groups is 3. The Balaban J connectivity index is 2.03. The zero-order chi connectivity index (χ0) is 17.0. The van der Waals surface area contributed by atoms with E-state index in [1.165, 1.54) is 11.8 Å².